The monoisotopic (exact) mass is 511 g/mol. The zero-order chi connectivity index (χ0) is 24.5. The van der Waals surface area contributed by atoms with Crippen LogP contribution in [0.4, 0.5) is 9.80 Å². The van der Waals surface area contributed by atoms with Gasteiger partial charge in [0, 0.05) is 61.4 Å². The molecule has 35 heavy (non-hydrogen) atoms. The molecule has 0 aromatic carbocycles. The summed E-state index contributed by atoms with van der Waals surface area (Å²) in [5.74, 6) is -0.0398. The van der Waals surface area contributed by atoms with E-state index in [2.05, 4.69) is 39.4 Å². The maximum atomic E-state index is 13.1. The molecule has 3 aromatic heterocycles. The van der Waals surface area contributed by atoms with E-state index >= 15 is 0 Å². The van der Waals surface area contributed by atoms with E-state index in [9.17, 15) is 9.59 Å². The molecule has 0 bridgehead atoms. The highest BCUT2D eigenvalue weighted by Crippen LogP contribution is 2.39. The summed E-state index contributed by atoms with van der Waals surface area (Å²) in [5.41, 5.74) is 4.36. The highest BCUT2D eigenvalue weighted by atomic mass is 32.1. The number of hydrogen-bond donors (Lipinski definition) is 2. The second-order valence-corrected chi connectivity index (χ2v) is 11.6. The average molecular weight is 512 g/mol. The van der Waals surface area contributed by atoms with Gasteiger partial charge in [0.25, 0.3) is 5.91 Å². The molecule has 1 aliphatic carbocycles. The molecular formula is C26H33N5O2S2. The number of likely N-dealkylation sites (N-methyl/N-ethyl adjacent to an activating group) is 1. The van der Waals surface area contributed by atoms with Crippen LogP contribution in [0, 0.1) is 0 Å². The first-order chi connectivity index (χ1) is 17.0. The van der Waals surface area contributed by atoms with E-state index in [-0.39, 0.29) is 11.9 Å². The van der Waals surface area contributed by atoms with Gasteiger partial charge in [-0.2, -0.15) is 0 Å². The van der Waals surface area contributed by atoms with Crippen molar-refractivity contribution in [3.05, 3.63) is 56.5 Å². The molecule has 0 spiro atoms. The summed E-state index contributed by atoms with van der Waals surface area (Å²) < 4.78 is 2.15. The Morgan fingerprint density at radius 3 is 2.54 bits per heavy atom. The summed E-state index contributed by atoms with van der Waals surface area (Å²) in [4.78, 5) is 32.7. The molecule has 2 aliphatic rings. The number of fused-ring (bicyclic) bond motifs is 2. The molecule has 3 amide bonds. The van der Waals surface area contributed by atoms with Crippen molar-refractivity contribution in [2.45, 2.75) is 52.1 Å². The highest BCUT2D eigenvalue weighted by Gasteiger charge is 2.28. The molecule has 0 fully saturated rings. The Balaban J connectivity index is 1.37. The molecule has 7 nitrogen and oxygen atoms in total. The molecule has 186 valence electrons. The van der Waals surface area contributed by atoms with Gasteiger partial charge in [0.15, 0.2) is 0 Å². The number of rotatable bonds is 6. The van der Waals surface area contributed by atoms with Gasteiger partial charge in [-0.3, -0.25) is 15.0 Å². The molecule has 1 aliphatic heterocycles. The number of amides is 3. The van der Waals surface area contributed by atoms with Gasteiger partial charge in [0.05, 0.1) is 5.56 Å². The lowest BCUT2D eigenvalue weighted by Gasteiger charge is -2.25. The zero-order valence-electron chi connectivity index (χ0n) is 20.6. The van der Waals surface area contributed by atoms with Crippen molar-refractivity contribution in [3.63, 3.8) is 0 Å². The highest BCUT2D eigenvalue weighted by molar-refractivity contribution is 7.17. The van der Waals surface area contributed by atoms with Crippen LogP contribution >= 0.6 is 22.7 Å². The van der Waals surface area contributed by atoms with Gasteiger partial charge in [-0.1, -0.05) is 6.92 Å². The lowest BCUT2D eigenvalue weighted by molar-refractivity contribution is 0.0827. The molecule has 9 heteroatoms. The number of urea groups is 1. The van der Waals surface area contributed by atoms with Crippen LogP contribution in [0.1, 0.15) is 56.6 Å². The van der Waals surface area contributed by atoms with Gasteiger partial charge in [0.1, 0.15) is 10.0 Å². The third-order valence-electron chi connectivity index (χ3n) is 6.95. The second-order valence-electron chi connectivity index (χ2n) is 9.42. The van der Waals surface area contributed by atoms with Crippen molar-refractivity contribution in [2.75, 3.05) is 32.5 Å². The number of aromatic nitrogens is 1. The standard InChI is InChI=1S/C26H33N5O2S2/c1-4-30-14-11-17-19(25(35-21(17)16-30)31-12-7-8-13-31)15-27-26(33)28-23-22(24(32)29(2)3)18-9-5-6-10-20(18)34-23/h7-8,12-13H,4-6,9-11,14-16H2,1-3H3,(H2,27,28,33). The Kier molecular flexibility index (Phi) is 7.00. The number of nitrogens with one attached hydrogen (secondary N) is 2. The molecule has 0 radical (unpaired) electrons. The summed E-state index contributed by atoms with van der Waals surface area (Å²) in [6.07, 6.45) is 9.23. The van der Waals surface area contributed by atoms with Crippen LogP contribution in [-0.4, -0.2) is 53.5 Å². The Bertz CT molecular complexity index is 1230. The molecule has 0 saturated heterocycles. The van der Waals surface area contributed by atoms with Crippen LogP contribution in [0.25, 0.3) is 5.00 Å². The quantitative estimate of drug-likeness (QED) is 0.496. The van der Waals surface area contributed by atoms with E-state index in [1.807, 2.05) is 23.5 Å². The average Bonchev–Trinajstić information content (AvgIpc) is 3.58. The Labute approximate surface area is 214 Å². The Morgan fingerprint density at radius 2 is 1.80 bits per heavy atom. The van der Waals surface area contributed by atoms with E-state index in [1.165, 1.54) is 25.9 Å². The fourth-order valence-electron chi connectivity index (χ4n) is 5.06. The zero-order valence-corrected chi connectivity index (χ0v) is 22.3. The van der Waals surface area contributed by atoms with Crippen molar-refractivity contribution >= 4 is 39.6 Å². The van der Waals surface area contributed by atoms with Crippen molar-refractivity contribution in [3.8, 4) is 5.00 Å². The van der Waals surface area contributed by atoms with Crippen molar-refractivity contribution in [2.24, 2.45) is 0 Å². The van der Waals surface area contributed by atoms with Gasteiger partial charge in [-0.25, -0.2) is 4.79 Å². The number of carbonyl (C=O) groups excluding carboxylic acids is 2. The van der Waals surface area contributed by atoms with E-state index in [1.54, 1.807) is 30.3 Å². The predicted octanol–water partition coefficient (Wildman–Crippen LogP) is 4.88. The summed E-state index contributed by atoms with van der Waals surface area (Å²) in [5, 5.41) is 7.97. The molecule has 4 heterocycles. The summed E-state index contributed by atoms with van der Waals surface area (Å²) >= 11 is 3.38. The number of anilines is 1. The minimum atomic E-state index is -0.263. The normalized spacial score (nSPS) is 15.4. The number of hydrogen-bond acceptors (Lipinski definition) is 5. The number of thiophene rings is 2. The van der Waals surface area contributed by atoms with Gasteiger partial charge in [0.2, 0.25) is 0 Å². The Hall–Kier alpha value is -2.62. The van der Waals surface area contributed by atoms with Gasteiger partial charge >= 0.3 is 6.03 Å². The van der Waals surface area contributed by atoms with Gasteiger partial charge in [-0.05, 0) is 61.9 Å². The van der Waals surface area contributed by atoms with Crippen LogP contribution < -0.4 is 10.6 Å². The molecule has 0 atom stereocenters. The first-order valence-corrected chi connectivity index (χ1v) is 14.0. The predicted molar refractivity (Wildman–Crippen MR) is 143 cm³/mol. The van der Waals surface area contributed by atoms with Crippen LogP contribution in [0.5, 0.6) is 0 Å². The summed E-state index contributed by atoms with van der Waals surface area (Å²) in [7, 11) is 3.53. The van der Waals surface area contributed by atoms with Crippen LogP contribution in [-0.2, 0) is 32.4 Å². The first kappa shape index (κ1) is 24.1. The van der Waals surface area contributed by atoms with Crippen LogP contribution in [0.3, 0.4) is 0 Å². The maximum Gasteiger partial charge on any atom is 0.320 e. The van der Waals surface area contributed by atoms with Gasteiger partial charge < -0.3 is 14.8 Å². The smallest absolute Gasteiger partial charge is 0.320 e. The van der Waals surface area contributed by atoms with E-state index < -0.39 is 0 Å². The van der Waals surface area contributed by atoms with Crippen molar-refractivity contribution < 1.29 is 9.59 Å². The van der Waals surface area contributed by atoms with E-state index in [4.69, 9.17) is 0 Å². The number of aryl methyl sites for hydroxylation is 1. The minimum Gasteiger partial charge on any atom is -0.345 e. The third kappa shape index (κ3) is 4.77. The topological polar surface area (TPSA) is 69.6 Å². The van der Waals surface area contributed by atoms with E-state index in [0.717, 1.165) is 57.3 Å². The minimum absolute atomic E-state index is 0.0398. The lowest BCUT2D eigenvalue weighted by Crippen LogP contribution is -2.32. The molecule has 3 aromatic rings. The Morgan fingerprint density at radius 1 is 1.03 bits per heavy atom. The SMILES string of the molecule is CCN1CCc2c(sc(-n3cccc3)c2CNC(=O)Nc2sc3c(c2C(=O)N(C)C)CCCC3)C1. The molecular weight excluding hydrogens is 478 g/mol. The van der Waals surface area contributed by atoms with E-state index in [0.29, 0.717) is 17.1 Å². The van der Waals surface area contributed by atoms with Gasteiger partial charge in [-0.15, -0.1) is 22.7 Å². The van der Waals surface area contributed by atoms with Crippen LogP contribution in [0.2, 0.25) is 0 Å². The summed E-state index contributed by atoms with van der Waals surface area (Å²) in [6, 6.07) is 3.80. The fraction of sp³-hybridized carbons (Fsp3) is 0.462. The lowest BCUT2D eigenvalue weighted by atomic mass is 9.95. The molecule has 5 rings (SSSR count). The molecule has 2 N–H and O–H groups in total. The maximum absolute atomic E-state index is 13.1. The number of nitrogens with zero attached hydrogens (tertiary/aromatic N) is 3. The molecule has 0 saturated carbocycles. The van der Waals surface area contributed by atoms with Crippen LogP contribution in [0.15, 0.2) is 24.5 Å². The van der Waals surface area contributed by atoms with Crippen molar-refractivity contribution in [1.82, 2.24) is 19.7 Å². The second kappa shape index (κ2) is 10.2. The third-order valence-corrected chi connectivity index (χ3v) is 9.43. The summed E-state index contributed by atoms with van der Waals surface area (Å²) in [6.45, 7) is 5.72. The largest absolute Gasteiger partial charge is 0.345 e. The fourth-order valence-corrected chi connectivity index (χ4v) is 7.71. The molecule has 0 unspecified atom stereocenters. The van der Waals surface area contributed by atoms with Crippen molar-refractivity contribution in [1.29, 1.82) is 0 Å². The number of carbonyl (C=O) groups is 2. The first-order valence-electron chi connectivity index (χ1n) is 12.4.